The van der Waals surface area contributed by atoms with Gasteiger partial charge in [-0.3, -0.25) is 14.5 Å². The van der Waals surface area contributed by atoms with E-state index in [1.54, 1.807) is 38.5 Å². The Bertz CT molecular complexity index is 948. The Morgan fingerprint density at radius 1 is 0.939 bits per heavy atom. The Kier molecular flexibility index (Phi) is 7.51. The molecule has 0 bridgehead atoms. The molecule has 0 aliphatic carbocycles. The molecule has 2 amide bonds. The van der Waals surface area contributed by atoms with E-state index in [0.717, 1.165) is 26.1 Å². The number of hydrogen-bond acceptors (Lipinski definition) is 7. The van der Waals surface area contributed by atoms with E-state index >= 15 is 0 Å². The van der Waals surface area contributed by atoms with Crippen LogP contribution in [-0.4, -0.2) is 99.3 Å². The van der Waals surface area contributed by atoms with E-state index in [4.69, 9.17) is 18.6 Å². The van der Waals surface area contributed by atoms with Gasteiger partial charge in [0, 0.05) is 44.8 Å². The molecule has 0 N–H and O–H groups in total. The predicted molar refractivity (Wildman–Crippen MR) is 121 cm³/mol. The van der Waals surface area contributed by atoms with Crippen molar-refractivity contribution in [3.05, 3.63) is 47.9 Å². The Hall–Kier alpha value is -3.04. The zero-order valence-corrected chi connectivity index (χ0v) is 19.2. The molecule has 9 nitrogen and oxygen atoms in total. The van der Waals surface area contributed by atoms with Gasteiger partial charge in [0.05, 0.1) is 38.8 Å². The molecule has 1 aromatic carbocycles. The molecule has 2 saturated heterocycles. The van der Waals surface area contributed by atoms with Crippen LogP contribution in [0.1, 0.15) is 27.1 Å². The minimum absolute atomic E-state index is 0.0106. The monoisotopic (exact) mass is 457 g/mol. The van der Waals surface area contributed by atoms with Crippen LogP contribution >= 0.6 is 0 Å². The van der Waals surface area contributed by atoms with Crippen molar-refractivity contribution in [2.24, 2.45) is 0 Å². The summed E-state index contributed by atoms with van der Waals surface area (Å²) in [5, 5.41) is 0. The Morgan fingerprint density at radius 2 is 1.76 bits per heavy atom. The molecule has 4 rings (SSSR count). The first-order valence-corrected chi connectivity index (χ1v) is 11.3. The largest absolute Gasteiger partial charge is 0.493 e. The lowest BCUT2D eigenvalue weighted by molar-refractivity contribution is -0.0353. The number of ether oxygens (including phenoxy) is 3. The molecule has 0 saturated carbocycles. The number of methoxy groups -OCH3 is 2. The van der Waals surface area contributed by atoms with Gasteiger partial charge in [-0.05, 0) is 37.2 Å². The highest BCUT2D eigenvalue weighted by Gasteiger charge is 2.28. The molecule has 1 aromatic heterocycles. The van der Waals surface area contributed by atoms with Crippen molar-refractivity contribution in [1.29, 1.82) is 0 Å². The predicted octanol–water partition coefficient (Wildman–Crippen LogP) is 1.99. The number of morpholine rings is 1. The summed E-state index contributed by atoms with van der Waals surface area (Å²) >= 11 is 0. The molecule has 1 unspecified atom stereocenters. The van der Waals surface area contributed by atoms with E-state index in [0.29, 0.717) is 55.4 Å². The van der Waals surface area contributed by atoms with Crippen molar-refractivity contribution in [3.63, 3.8) is 0 Å². The third kappa shape index (κ3) is 5.48. The fourth-order valence-electron chi connectivity index (χ4n) is 4.38. The third-order valence-electron chi connectivity index (χ3n) is 6.16. The molecular weight excluding hydrogens is 426 g/mol. The second-order valence-electron chi connectivity index (χ2n) is 8.27. The van der Waals surface area contributed by atoms with Crippen LogP contribution in [0.25, 0.3) is 0 Å². The van der Waals surface area contributed by atoms with E-state index in [1.165, 1.54) is 12.5 Å². The molecule has 0 radical (unpaired) electrons. The summed E-state index contributed by atoms with van der Waals surface area (Å²) in [6, 6.07) is 6.94. The number of carbonyl (C=O) groups excluding carboxylic acids is 2. The van der Waals surface area contributed by atoms with Gasteiger partial charge < -0.3 is 28.4 Å². The minimum Gasteiger partial charge on any atom is -0.493 e. The molecule has 9 heteroatoms. The quantitative estimate of drug-likeness (QED) is 0.656. The van der Waals surface area contributed by atoms with Gasteiger partial charge in [0.2, 0.25) is 0 Å². The van der Waals surface area contributed by atoms with Crippen LogP contribution in [0, 0.1) is 0 Å². The number of furan rings is 1. The van der Waals surface area contributed by atoms with E-state index < -0.39 is 0 Å². The maximum Gasteiger partial charge on any atom is 0.257 e. The summed E-state index contributed by atoms with van der Waals surface area (Å²) in [7, 11) is 3.14. The maximum atomic E-state index is 13.1. The lowest BCUT2D eigenvalue weighted by atomic mass is 10.1. The van der Waals surface area contributed by atoms with Crippen LogP contribution in [0.3, 0.4) is 0 Å². The zero-order valence-electron chi connectivity index (χ0n) is 19.2. The first kappa shape index (κ1) is 23.1. The van der Waals surface area contributed by atoms with E-state index in [-0.39, 0.29) is 17.9 Å². The second-order valence-corrected chi connectivity index (χ2v) is 8.27. The Labute approximate surface area is 193 Å². The molecule has 2 aliphatic rings. The van der Waals surface area contributed by atoms with Gasteiger partial charge in [-0.2, -0.15) is 0 Å². The summed E-state index contributed by atoms with van der Waals surface area (Å²) in [5.41, 5.74) is 1.15. The van der Waals surface area contributed by atoms with Gasteiger partial charge >= 0.3 is 0 Å². The number of hydrogen-bond donors (Lipinski definition) is 0. The standard InChI is InChI=1S/C24H31N3O6/c1-30-21-5-4-18(14-22(21)31-2)23(28)26-8-3-7-25(9-10-26)15-20-16-27(11-13-33-20)24(29)19-6-12-32-17-19/h4-6,12,14,17,20H,3,7-11,13,15-16H2,1-2H3. The molecule has 33 heavy (non-hydrogen) atoms. The Morgan fingerprint density at radius 3 is 2.52 bits per heavy atom. The van der Waals surface area contributed by atoms with Crippen LogP contribution in [0.15, 0.2) is 41.2 Å². The summed E-state index contributed by atoms with van der Waals surface area (Å²) in [6.07, 6.45) is 3.81. The van der Waals surface area contributed by atoms with Gasteiger partial charge in [0.1, 0.15) is 6.26 Å². The first-order chi connectivity index (χ1) is 16.1. The fraction of sp³-hybridized carbons (Fsp3) is 0.500. The van der Waals surface area contributed by atoms with Crippen LogP contribution in [0.5, 0.6) is 11.5 Å². The molecule has 2 aliphatic heterocycles. The fourth-order valence-corrected chi connectivity index (χ4v) is 4.38. The highest BCUT2D eigenvalue weighted by molar-refractivity contribution is 5.95. The molecule has 178 valence electrons. The van der Waals surface area contributed by atoms with Crippen molar-refractivity contribution in [1.82, 2.24) is 14.7 Å². The van der Waals surface area contributed by atoms with Gasteiger partial charge in [-0.1, -0.05) is 0 Å². The number of benzene rings is 1. The first-order valence-electron chi connectivity index (χ1n) is 11.3. The van der Waals surface area contributed by atoms with E-state index in [9.17, 15) is 9.59 Å². The molecule has 3 heterocycles. The molecule has 2 aromatic rings. The van der Waals surface area contributed by atoms with Gasteiger partial charge in [-0.25, -0.2) is 0 Å². The van der Waals surface area contributed by atoms with E-state index in [1.807, 2.05) is 9.80 Å². The number of rotatable bonds is 6. The summed E-state index contributed by atoms with van der Waals surface area (Å²) in [6.45, 7) is 5.35. The van der Waals surface area contributed by atoms with Crippen molar-refractivity contribution in [2.45, 2.75) is 12.5 Å². The lowest BCUT2D eigenvalue weighted by Crippen LogP contribution is -2.50. The van der Waals surface area contributed by atoms with Crippen molar-refractivity contribution in [3.8, 4) is 11.5 Å². The van der Waals surface area contributed by atoms with Gasteiger partial charge in [0.15, 0.2) is 11.5 Å². The van der Waals surface area contributed by atoms with Crippen LogP contribution in [0.4, 0.5) is 0 Å². The highest BCUT2D eigenvalue weighted by Crippen LogP contribution is 2.28. The highest BCUT2D eigenvalue weighted by atomic mass is 16.5. The van der Waals surface area contributed by atoms with E-state index in [2.05, 4.69) is 4.90 Å². The maximum absolute atomic E-state index is 13.1. The number of carbonyl (C=O) groups is 2. The summed E-state index contributed by atoms with van der Waals surface area (Å²) in [4.78, 5) is 31.7. The third-order valence-corrected chi connectivity index (χ3v) is 6.16. The smallest absolute Gasteiger partial charge is 0.257 e. The SMILES string of the molecule is COc1ccc(C(=O)N2CCCN(CC3CN(C(=O)c4ccoc4)CCO3)CC2)cc1OC. The van der Waals surface area contributed by atoms with Crippen molar-refractivity contribution in [2.75, 3.05) is 66.6 Å². The number of nitrogens with zero attached hydrogens (tertiary/aromatic N) is 3. The van der Waals surface area contributed by atoms with Crippen LogP contribution in [-0.2, 0) is 4.74 Å². The van der Waals surface area contributed by atoms with Crippen LogP contribution in [0.2, 0.25) is 0 Å². The van der Waals surface area contributed by atoms with Gasteiger partial charge in [-0.15, -0.1) is 0 Å². The van der Waals surface area contributed by atoms with Crippen LogP contribution < -0.4 is 9.47 Å². The lowest BCUT2D eigenvalue weighted by Gasteiger charge is -2.35. The molecule has 2 fully saturated rings. The molecular formula is C24H31N3O6. The van der Waals surface area contributed by atoms with Gasteiger partial charge in [0.25, 0.3) is 11.8 Å². The average Bonchev–Trinajstić information content (AvgIpc) is 3.30. The zero-order chi connectivity index (χ0) is 23.2. The average molecular weight is 458 g/mol. The normalized spacial score (nSPS) is 19.8. The summed E-state index contributed by atoms with van der Waals surface area (Å²) < 4.78 is 21.6. The second kappa shape index (κ2) is 10.7. The topological polar surface area (TPSA) is 84.7 Å². The molecule has 0 spiro atoms. The molecule has 1 atom stereocenters. The minimum atomic E-state index is -0.0531. The number of amides is 2. The summed E-state index contributed by atoms with van der Waals surface area (Å²) in [5.74, 6) is 1.11. The Balaban J connectivity index is 1.32. The van der Waals surface area contributed by atoms with Crippen molar-refractivity contribution >= 4 is 11.8 Å². The van der Waals surface area contributed by atoms with Crippen molar-refractivity contribution < 1.29 is 28.2 Å².